The number of aliphatic hydroxyl groups excluding tert-OH is 1. The fraction of sp³-hybridized carbons (Fsp3) is 0.240. The molecule has 1 aliphatic rings. The van der Waals surface area contributed by atoms with Crippen molar-refractivity contribution in [3.8, 4) is 0 Å². The number of likely N-dealkylation sites (tertiary alicyclic amines) is 1. The lowest BCUT2D eigenvalue weighted by Gasteiger charge is -2.25. The van der Waals surface area contributed by atoms with Crippen molar-refractivity contribution in [2.75, 3.05) is 6.54 Å². The molecule has 0 aliphatic carbocycles. The zero-order chi connectivity index (χ0) is 22.8. The third-order valence-electron chi connectivity index (χ3n) is 5.75. The SMILES string of the molecule is Cc1ccc(C)c(C(O)=C2C(=O)C(=O)N(CCCn3ccnc3)C2c2ccc(Cl)cc2)c1. The monoisotopic (exact) mass is 449 g/mol. The van der Waals surface area contributed by atoms with Crippen molar-refractivity contribution in [3.63, 3.8) is 0 Å². The van der Waals surface area contributed by atoms with Gasteiger partial charge in [0.2, 0.25) is 0 Å². The smallest absolute Gasteiger partial charge is 0.295 e. The van der Waals surface area contributed by atoms with Gasteiger partial charge in [0, 0.05) is 36.1 Å². The molecule has 1 N–H and O–H groups in total. The lowest BCUT2D eigenvalue weighted by Crippen LogP contribution is -2.31. The van der Waals surface area contributed by atoms with Crippen LogP contribution in [0.1, 0.15) is 34.7 Å². The van der Waals surface area contributed by atoms with E-state index >= 15 is 0 Å². The summed E-state index contributed by atoms with van der Waals surface area (Å²) in [4.78, 5) is 31.7. The lowest BCUT2D eigenvalue weighted by atomic mass is 9.93. The first-order chi connectivity index (χ1) is 15.4. The Hall–Kier alpha value is -3.38. The molecule has 0 saturated carbocycles. The molecule has 0 spiro atoms. The molecule has 2 heterocycles. The first kappa shape index (κ1) is 21.8. The number of benzene rings is 2. The number of hydrogen-bond acceptors (Lipinski definition) is 4. The molecule has 1 amide bonds. The average molecular weight is 450 g/mol. The number of rotatable bonds is 6. The Labute approximate surface area is 191 Å². The highest BCUT2D eigenvalue weighted by Gasteiger charge is 2.45. The maximum atomic E-state index is 13.1. The molecule has 3 aromatic rings. The highest BCUT2D eigenvalue weighted by molar-refractivity contribution is 6.46. The first-order valence-electron chi connectivity index (χ1n) is 10.4. The molecule has 164 valence electrons. The summed E-state index contributed by atoms with van der Waals surface area (Å²) in [5.41, 5.74) is 3.17. The second-order valence-electron chi connectivity index (χ2n) is 8.02. The van der Waals surface area contributed by atoms with Gasteiger partial charge in [-0.25, -0.2) is 4.98 Å². The van der Waals surface area contributed by atoms with Gasteiger partial charge in [0.25, 0.3) is 11.7 Å². The van der Waals surface area contributed by atoms with Crippen molar-refractivity contribution in [3.05, 3.63) is 94.0 Å². The van der Waals surface area contributed by atoms with Gasteiger partial charge in [0.15, 0.2) is 0 Å². The molecule has 1 unspecified atom stereocenters. The van der Waals surface area contributed by atoms with Crippen LogP contribution in [-0.4, -0.2) is 37.8 Å². The number of aromatic nitrogens is 2. The minimum atomic E-state index is -0.685. The van der Waals surface area contributed by atoms with E-state index in [0.717, 1.165) is 16.7 Å². The Balaban J connectivity index is 1.76. The van der Waals surface area contributed by atoms with Crippen molar-refractivity contribution in [2.45, 2.75) is 32.9 Å². The molecule has 6 nitrogen and oxygen atoms in total. The van der Waals surface area contributed by atoms with E-state index in [-0.39, 0.29) is 11.3 Å². The van der Waals surface area contributed by atoms with Gasteiger partial charge in [0.1, 0.15) is 5.76 Å². The largest absolute Gasteiger partial charge is 0.507 e. The number of imidazole rings is 1. The number of amides is 1. The van der Waals surface area contributed by atoms with Crippen molar-refractivity contribution in [1.29, 1.82) is 0 Å². The van der Waals surface area contributed by atoms with Crippen LogP contribution in [0.3, 0.4) is 0 Å². The summed E-state index contributed by atoms with van der Waals surface area (Å²) in [6.45, 7) is 4.81. The van der Waals surface area contributed by atoms with Gasteiger partial charge in [-0.05, 0) is 49.6 Å². The van der Waals surface area contributed by atoms with Crippen LogP contribution in [0.25, 0.3) is 5.76 Å². The summed E-state index contributed by atoms with van der Waals surface area (Å²) in [6.07, 6.45) is 5.90. The third-order valence-corrected chi connectivity index (χ3v) is 6.00. The number of nitrogens with zero attached hydrogens (tertiary/aromatic N) is 3. The second-order valence-corrected chi connectivity index (χ2v) is 8.45. The van der Waals surface area contributed by atoms with Crippen molar-refractivity contribution in [1.82, 2.24) is 14.5 Å². The summed E-state index contributed by atoms with van der Waals surface area (Å²) < 4.78 is 1.92. The van der Waals surface area contributed by atoms with Crippen LogP contribution in [0.15, 0.2) is 66.8 Å². The highest BCUT2D eigenvalue weighted by Crippen LogP contribution is 2.40. The van der Waals surface area contributed by atoms with Crippen LogP contribution >= 0.6 is 11.6 Å². The van der Waals surface area contributed by atoms with Gasteiger partial charge in [-0.3, -0.25) is 9.59 Å². The molecule has 7 heteroatoms. The van der Waals surface area contributed by atoms with E-state index in [1.165, 1.54) is 0 Å². The standard InChI is InChI=1S/C25H24ClN3O3/c1-16-4-5-17(2)20(14-16)23(30)21-22(18-6-8-19(26)9-7-18)29(25(32)24(21)31)12-3-11-28-13-10-27-15-28/h4-10,13-15,22,30H,3,11-12H2,1-2H3. The minimum Gasteiger partial charge on any atom is -0.507 e. The predicted octanol–water partition coefficient (Wildman–Crippen LogP) is 4.67. The molecule has 1 aliphatic heterocycles. The average Bonchev–Trinajstić information content (AvgIpc) is 3.38. The summed E-state index contributed by atoms with van der Waals surface area (Å²) in [7, 11) is 0. The van der Waals surface area contributed by atoms with E-state index in [0.29, 0.717) is 30.1 Å². The van der Waals surface area contributed by atoms with Crippen molar-refractivity contribution >= 4 is 29.1 Å². The lowest BCUT2D eigenvalue weighted by molar-refractivity contribution is -0.139. The molecule has 1 saturated heterocycles. The second kappa shape index (κ2) is 9.01. The van der Waals surface area contributed by atoms with Crippen LogP contribution in [0, 0.1) is 13.8 Å². The Bertz CT molecular complexity index is 1180. The molecule has 4 rings (SSSR count). The van der Waals surface area contributed by atoms with Gasteiger partial charge < -0.3 is 14.6 Å². The van der Waals surface area contributed by atoms with Crippen LogP contribution < -0.4 is 0 Å². The maximum absolute atomic E-state index is 13.1. The number of aliphatic hydroxyl groups is 1. The first-order valence-corrected chi connectivity index (χ1v) is 10.8. The summed E-state index contributed by atoms with van der Waals surface area (Å²) >= 11 is 6.07. The van der Waals surface area contributed by atoms with Crippen LogP contribution in [0.2, 0.25) is 5.02 Å². The topological polar surface area (TPSA) is 75.4 Å². The van der Waals surface area contributed by atoms with Gasteiger partial charge in [-0.1, -0.05) is 41.4 Å². The van der Waals surface area contributed by atoms with Gasteiger partial charge in [-0.2, -0.15) is 0 Å². The van der Waals surface area contributed by atoms with E-state index in [1.807, 2.05) is 42.8 Å². The number of Topliss-reactive ketones (excluding diaryl/α,β-unsaturated/α-hetero) is 1. The number of aryl methyl sites for hydroxylation is 3. The fourth-order valence-electron chi connectivity index (χ4n) is 4.08. The van der Waals surface area contributed by atoms with Crippen LogP contribution in [0.4, 0.5) is 0 Å². The Morgan fingerprint density at radius 2 is 1.84 bits per heavy atom. The summed E-state index contributed by atoms with van der Waals surface area (Å²) in [6, 6.07) is 12.0. The summed E-state index contributed by atoms with van der Waals surface area (Å²) in [5, 5.41) is 11.8. The number of halogens is 1. The quantitative estimate of drug-likeness (QED) is 0.337. The molecule has 0 bridgehead atoms. The van der Waals surface area contributed by atoms with E-state index in [9.17, 15) is 14.7 Å². The Morgan fingerprint density at radius 3 is 2.53 bits per heavy atom. The van der Waals surface area contributed by atoms with Gasteiger partial charge >= 0.3 is 0 Å². The van der Waals surface area contributed by atoms with Gasteiger partial charge in [0.05, 0.1) is 17.9 Å². The van der Waals surface area contributed by atoms with E-state index in [1.54, 1.807) is 41.7 Å². The van der Waals surface area contributed by atoms with E-state index in [4.69, 9.17) is 11.6 Å². The minimum absolute atomic E-state index is 0.105. The normalized spacial score (nSPS) is 17.8. The molecule has 1 aromatic heterocycles. The van der Waals surface area contributed by atoms with Crippen LogP contribution in [0.5, 0.6) is 0 Å². The number of carbonyl (C=O) groups is 2. The molecule has 2 aromatic carbocycles. The molecular formula is C25H24ClN3O3. The van der Waals surface area contributed by atoms with Gasteiger partial charge in [-0.15, -0.1) is 0 Å². The number of hydrogen-bond donors (Lipinski definition) is 1. The summed E-state index contributed by atoms with van der Waals surface area (Å²) in [5.74, 6) is -1.44. The molecule has 0 radical (unpaired) electrons. The zero-order valence-electron chi connectivity index (χ0n) is 18.0. The predicted molar refractivity (Wildman–Crippen MR) is 123 cm³/mol. The van der Waals surface area contributed by atoms with E-state index in [2.05, 4.69) is 4.98 Å². The van der Waals surface area contributed by atoms with Crippen molar-refractivity contribution < 1.29 is 14.7 Å². The maximum Gasteiger partial charge on any atom is 0.295 e. The Morgan fingerprint density at radius 1 is 1.09 bits per heavy atom. The number of carbonyl (C=O) groups excluding carboxylic acids is 2. The van der Waals surface area contributed by atoms with Crippen molar-refractivity contribution in [2.24, 2.45) is 0 Å². The molecule has 32 heavy (non-hydrogen) atoms. The Kier molecular flexibility index (Phi) is 6.15. The third kappa shape index (κ3) is 4.18. The molecule has 1 fully saturated rings. The fourth-order valence-corrected chi connectivity index (χ4v) is 4.21. The zero-order valence-corrected chi connectivity index (χ0v) is 18.7. The number of ketones is 1. The van der Waals surface area contributed by atoms with E-state index < -0.39 is 17.7 Å². The molecule has 1 atom stereocenters. The van der Waals surface area contributed by atoms with Crippen LogP contribution in [-0.2, 0) is 16.1 Å². The highest BCUT2D eigenvalue weighted by atomic mass is 35.5. The molecular weight excluding hydrogens is 426 g/mol.